The zero-order valence-electron chi connectivity index (χ0n) is 14.2. The van der Waals surface area contributed by atoms with Gasteiger partial charge in [-0.2, -0.15) is 0 Å². The number of carbonyl (C=O) groups excluding carboxylic acids is 1. The number of β-amino-alcohol motifs (C(OH)–C–C–N with tert-alkyl or cyclic N) is 1. The molecule has 0 radical (unpaired) electrons. The molecule has 3 atom stereocenters. The molecule has 1 aromatic heterocycles. The first-order valence-corrected chi connectivity index (χ1v) is 9.84. The number of nitrogens with one attached hydrogen (secondary N) is 1. The lowest BCUT2D eigenvalue weighted by molar-refractivity contribution is -0.131. The maximum absolute atomic E-state index is 12.3. The third-order valence-electron chi connectivity index (χ3n) is 5.03. The second-order valence-corrected chi connectivity index (χ2v) is 7.96. The molecule has 6 heteroatoms. The van der Waals surface area contributed by atoms with Crippen molar-refractivity contribution in [3.63, 3.8) is 0 Å². The van der Waals surface area contributed by atoms with Crippen LogP contribution in [0.4, 0.5) is 0 Å². The highest BCUT2D eigenvalue weighted by atomic mass is 32.1. The van der Waals surface area contributed by atoms with Crippen LogP contribution < -0.4 is 5.32 Å². The van der Waals surface area contributed by atoms with Crippen molar-refractivity contribution in [2.75, 3.05) is 19.7 Å². The number of fused-ring (bicyclic) bond motifs is 1. The lowest BCUT2D eigenvalue weighted by Gasteiger charge is -2.36. The van der Waals surface area contributed by atoms with Crippen LogP contribution in [0.15, 0.2) is 29.6 Å². The summed E-state index contributed by atoms with van der Waals surface area (Å²) in [7, 11) is 0. The Morgan fingerprint density at radius 3 is 3.08 bits per heavy atom. The Bertz CT molecular complexity index is 741. The van der Waals surface area contributed by atoms with Crippen molar-refractivity contribution >= 4 is 27.3 Å². The number of aliphatic hydroxyl groups excluding tert-OH is 1. The molecule has 0 unspecified atom stereocenters. The standard InChI is InChI=1S/C19H24N2O3S/c22-15-8-14(20-19(23)17-5-3-7-24-17)10-21(11-15)9-13-12-25-18-6-2-1-4-16(13)18/h1-2,4,6,12,14-15,17,22H,3,5,7-11H2,(H,20,23)/t14-,15+,17+/m0/s1. The van der Waals surface area contributed by atoms with Crippen molar-refractivity contribution in [1.29, 1.82) is 0 Å². The fourth-order valence-corrected chi connectivity index (χ4v) is 4.82. The van der Waals surface area contributed by atoms with E-state index in [1.165, 1.54) is 15.6 Å². The molecule has 2 aliphatic rings. The predicted octanol–water partition coefficient (Wildman–Crippen LogP) is 2.13. The van der Waals surface area contributed by atoms with Gasteiger partial charge in [0.1, 0.15) is 6.10 Å². The fraction of sp³-hybridized carbons (Fsp3) is 0.526. The lowest BCUT2D eigenvalue weighted by Crippen LogP contribution is -2.53. The number of thiophene rings is 1. The molecule has 0 spiro atoms. The average Bonchev–Trinajstić information content (AvgIpc) is 3.25. The summed E-state index contributed by atoms with van der Waals surface area (Å²) in [6.45, 7) is 2.88. The van der Waals surface area contributed by atoms with Gasteiger partial charge in [0.25, 0.3) is 0 Å². The van der Waals surface area contributed by atoms with Crippen LogP contribution in [0.5, 0.6) is 0 Å². The topological polar surface area (TPSA) is 61.8 Å². The first-order valence-electron chi connectivity index (χ1n) is 8.96. The Hall–Kier alpha value is -1.47. The van der Waals surface area contributed by atoms with Crippen LogP contribution in [0.3, 0.4) is 0 Å². The van der Waals surface area contributed by atoms with E-state index in [-0.39, 0.29) is 18.1 Å². The number of rotatable bonds is 4. The minimum absolute atomic E-state index is 0.0228. The molecule has 2 aliphatic heterocycles. The van der Waals surface area contributed by atoms with Gasteiger partial charge in [-0.15, -0.1) is 11.3 Å². The number of benzene rings is 1. The maximum atomic E-state index is 12.3. The summed E-state index contributed by atoms with van der Waals surface area (Å²) in [5, 5.41) is 16.8. The molecule has 134 valence electrons. The molecule has 2 aromatic rings. The molecule has 0 bridgehead atoms. The molecule has 2 N–H and O–H groups in total. The van der Waals surface area contributed by atoms with Crippen molar-refractivity contribution in [2.24, 2.45) is 0 Å². The second kappa shape index (κ2) is 7.41. The van der Waals surface area contributed by atoms with Crippen molar-refractivity contribution in [3.05, 3.63) is 35.2 Å². The molecule has 2 fully saturated rings. The van der Waals surface area contributed by atoms with E-state index in [9.17, 15) is 9.90 Å². The van der Waals surface area contributed by atoms with Crippen LogP contribution in [0.25, 0.3) is 10.1 Å². The normalized spacial score (nSPS) is 27.6. The van der Waals surface area contributed by atoms with Gasteiger partial charge in [0.05, 0.1) is 6.10 Å². The van der Waals surface area contributed by atoms with Gasteiger partial charge in [0.15, 0.2) is 0 Å². The Balaban J connectivity index is 1.41. The van der Waals surface area contributed by atoms with Crippen molar-refractivity contribution in [3.8, 4) is 0 Å². The number of hydrogen-bond acceptors (Lipinski definition) is 5. The molecule has 4 rings (SSSR count). The molecule has 0 saturated carbocycles. The van der Waals surface area contributed by atoms with Crippen LogP contribution in [0.1, 0.15) is 24.8 Å². The van der Waals surface area contributed by atoms with Gasteiger partial charge >= 0.3 is 0 Å². The number of piperidine rings is 1. The van der Waals surface area contributed by atoms with Gasteiger partial charge in [-0.05, 0) is 41.7 Å². The molecule has 1 amide bonds. The van der Waals surface area contributed by atoms with E-state index in [4.69, 9.17) is 4.74 Å². The summed E-state index contributed by atoms with van der Waals surface area (Å²) in [6.07, 6.45) is 1.63. The summed E-state index contributed by atoms with van der Waals surface area (Å²) >= 11 is 1.76. The third kappa shape index (κ3) is 3.87. The van der Waals surface area contributed by atoms with Crippen LogP contribution in [-0.2, 0) is 16.1 Å². The average molecular weight is 360 g/mol. The third-order valence-corrected chi connectivity index (χ3v) is 6.04. The van der Waals surface area contributed by atoms with Gasteiger partial charge in [-0.3, -0.25) is 9.69 Å². The molecule has 1 aromatic carbocycles. The van der Waals surface area contributed by atoms with Crippen molar-refractivity contribution in [2.45, 2.75) is 44.1 Å². The molecular formula is C19H24N2O3S. The summed E-state index contributed by atoms with van der Waals surface area (Å²) < 4.78 is 6.75. The second-order valence-electron chi connectivity index (χ2n) is 7.05. The van der Waals surface area contributed by atoms with Crippen molar-refractivity contribution in [1.82, 2.24) is 10.2 Å². The molecule has 25 heavy (non-hydrogen) atoms. The number of hydrogen-bond donors (Lipinski definition) is 2. The van der Waals surface area contributed by atoms with Crippen LogP contribution in [0, 0.1) is 0 Å². The summed E-state index contributed by atoms with van der Waals surface area (Å²) in [5.41, 5.74) is 1.29. The van der Waals surface area contributed by atoms with Crippen LogP contribution in [-0.4, -0.2) is 53.9 Å². The number of carbonyl (C=O) groups is 1. The van der Waals surface area contributed by atoms with E-state index in [2.05, 4.69) is 39.9 Å². The predicted molar refractivity (Wildman–Crippen MR) is 98.6 cm³/mol. The monoisotopic (exact) mass is 360 g/mol. The van der Waals surface area contributed by atoms with Crippen LogP contribution >= 0.6 is 11.3 Å². The van der Waals surface area contributed by atoms with Crippen molar-refractivity contribution < 1.29 is 14.6 Å². The number of aliphatic hydroxyl groups is 1. The highest BCUT2D eigenvalue weighted by Crippen LogP contribution is 2.27. The van der Waals surface area contributed by atoms with Gasteiger partial charge in [-0.25, -0.2) is 0 Å². The first-order chi connectivity index (χ1) is 12.2. The smallest absolute Gasteiger partial charge is 0.249 e. The molecule has 0 aliphatic carbocycles. The van der Waals surface area contributed by atoms with E-state index < -0.39 is 6.10 Å². The highest BCUT2D eigenvalue weighted by molar-refractivity contribution is 7.17. The fourth-order valence-electron chi connectivity index (χ4n) is 3.87. The van der Waals surface area contributed by atoms with Gasteiger partial charge in [0.2, 0.25) is 5.91 Å². The Morgan fingerprint density at radius 2 is 2.24 bits per heavy atom. The maximum Gasteiger partial charge on any atom is 0.249 e. The Kier molecular flexibility index (Phi) is 5.03. The van der Waals surface area contributed by atoms with Gasteiger partial charge < -0.3 is 15.2 Å². The molecule has 5 nitrogen and oxygen atoms in total. The largest absolute Gasteiger partial charge is 0.392 e. The number of likely N-dealkylation sites (tertiary alicyclic amines) is 1. The minimum Gasteiger partial charge on any atom is -0.392 e. The summed E-state index contributed by atoms with van der Waals surface area (Å²) in [4.78, 5) is 14.5. The van der Waals surface area contributed by atoms with E-state index in [0.717, 1.165) is 25.9 Å². The van der Waals surface area contributed by atoms with E-state index in [1.54, 1.807) is 11.3 Å². The number of ether oxygens (including phenoxy) is 1. The Labute approximate surface area is 151 Å². The zero-order valence-corrected chi connectivity index (χ0v) is 15.0. The van der Waals surface area contributed by atoms with E-state index >= 15 is 0 Å². The highest BCUT2D eigenvalue weighted by Gasteiger charge is 2.30. The Morgan fingerprint density at radius 1 is 1.36 bits per heavy atom. The molecule has 3 heterocycles. The zero-order chi connectivity index (χ0) is 17.2. The number of nitrogens with zero attached hydrogens (tertiary/aromatic N) is 1. The molecule has 2 saturated heterocycles. The number of amides is 1. The van der Waals surface area contributed by atoms with Crippen LogP contribution in [0.2, 0.25) is 0 Å². The lowest BCUT2D eigenvalue weighted by atomic mass is 10.0. The van der Waals surface area contributed by atoms with E-state index in [0.29, 0.717) is 19.6 Å². The molecular weight excluding hydrogens is 336 g/mol. The SMILES string of the molecule is O=C(N[C@H]1C[C@@H](O)CN(Cc2csc3ccccc23)C1)[C@H]1CCCO1. The van der Waals surface area contributed by atoms with Gasteiger partial charge in [-0.1, -0.05) is 18.2 Å². The summed E-state index contributed by atoms with van der Waals surface area (Å²) in [6, 6.07) is 8.39. The summed E-state index contributed by atoms with van der Waals surface area (Å²) in [5.74, 6) is -0.0301. The quantitative estimate of drug-likeness (QED) is 0.877. The first kappa shape index (κ1) is 17.0. The van der Waals surface area contributed by atoms with E-state index in [1.807, 2.05) is 0 Å². The van der Waals surface area contributed by atoms with Gasteiger partial charge in [0, 0.05) is 37.0 Å². The minimum atomic E-state index is -0.409.